The van der Waals surface area contributed by atoms with Gasteiger partial charge in [-0.05, 0) is 59.5 Å². The van der Waals surface area contributed by atoms with Gasteiger partial charge in [0.05, 0.1) is 23.5 Å². The van der Waals surface area contributed by atoms with E-state index in [0.29, 0.717) is 11.6 Å². The first kappa shape index (κ1) is 24.1. The Kier molecular flexibility index (Phi) is 6.29. The smallest absolute Gasteiger partial charge is 0.325 e. The predicted octanol–water partition coefficient (Wildman–Crippen LogP) is 4.63. The molecule has 1 heterocycles. The topological polar surface area (TPSA) is 124 Å². The molecule has 1 aliphatic rings. The van der Waals surface area contributed by atoms with E-state index in [1.807, 2.05) is 36.4 Å². The van der Waals surface area contributed by atoms with Gasteiger partial charge in [-0.25, -0.2) is 13.4 Å². The van der Waals surface area contributed by atoms with Gasteiger partial charge in [0.25, 0.3) is 0 Å². The van der Waals surface area contributed by atoms with Crippen LogP contribution in [0, 0.1) is 0 Å². The Morgan fingerprint density at radius 3 is 2.42 bits per heavy atom. The standard InChI is InChI=1S/C26H23ClN4O4S/c27-20-8-4-17(5-9-20)18-6-10-23(11-7-18)36(34,35)31-26(25(32)33)13-24(26)19-2-1-3-21(12-19)29-15-22-14-28-16-30-22/h1-12,14,16,24,29,31H,13,15H2,(H,28,30)(H,32,33)/t24-,26+/m0/s1. The number of benzene rings is 3. The molecule has 1 aromatic heterocycles. The van der Waals surface area contributed by atoms with E-state index in [9.17, 15) is 18.3 Å². The summed E-state index contributed by atoms with van der Waals surface area (Å²) in [5.41, 5.74) is 2.56. The fourth-order valence-electron chi connectivity index (χ4n) is 4.27. The summed E-state index contributed by atoms with van der Waals surface area (Å²) in [7, 11) is -4.08. The number of nitrogens with zero attached hydrogens (tertiary/aromatic N) is 1. The fraction of sp³-hybridized carbons (Fsp3) is 0.154. The number of rotatable bonds is 9. The van der Waals surface area contributed by atoms with E-state index in [-0.39, 0.29) is 11.3 Å². The van der Waals surface area contributed by atoms with Crippen molar-refractivity contribution in [3.05, 3.63) is 102 Å². The number of H-pyrrole nitrogens is 1. The van der Waals surface area contributed by atoms with Gasteiger partial charge in [-0.1, -0.05) is 48.0 Å². The minimum absolute atomic E-state index is 0.00135. The normalized spacial score (nSPS) is 19.1. The van der Waals surface area contributed by atoms with E-state index in [2.05, 4.69) is 20.0 Å². The van der Waals surface area contributed by atoms with Gasteiger partial charge >= 0.3 is 5.97 Å². The van der Waals surface area contributed by atoms with Crippen molar-refractivity contribution in [3.63, 3.8) is 0 Å². The van der Waals surface area contributed by atoms with Crippen LogP contribution in [0.4, 0.5) is 5.69 Å². The third kappa shape index (κ3) is 4.86. The van der Waals surface area contributed by atoms with Crippen molar-refractivity contribution < 1.29 is 18.3 Å². The molecule has 10 heteroatoms. The minimum Gasteiger partial charge on any atom is -0.480 e. The van der Waals surface area contributed by atoms with Crippen LogP contribution in [-0.2, 0) is 21.4 Å². The number of nitrogens with one attached hydrogen (secondary N) is 3. The summed E-state index contributed by atoms with van der Waals surface area (Å²) < 4.78 is 28.8. The Morgan fingerprint density at radius 2 is 1.78 bits per heavy atom. The second-order valence-electron chi connectivity index (χ2n) is 8.73. The van der Waals surface area contributed by atoms with E-state index in [1.54, 1.807) is 36.8 Å². The average Bonchev–Trinajstić information content (AvgIpc) is 3.35. The summed E-state index contributed by atoms with van der Waals surface area (Å²) in [5, 5.41) is 13.9. The van der Waals surface area contributed by atoms with Gasteiger partial charge in [0.2, 0.25) is 10.0 Å². The molecule has 4 N–H and O–H groups in total. The molecular formula is C26H23ClN4O4S. The molecule has 0 bridgehead atoms. The van der Waals surface area contributed by atoms with Crippen molar-refractivity contribution in [1.29, 1.82) is 0 Å². The molecule has 8 nitrogen and oxygen atoms in total. The number of anilines is 1. The number of carbonyl (C=O) groups is 1. The zero-order valence-corrected chi connectivity index (χ0v) is 20.6. The number of halogens is 1. The highest BCUT2D eigenvalue weighted by Crippen LogP contribution is 2.52. The van der Waals surface area contributed by atoms with Crippen molar-refractivity contribution in [2.75, 3.05) is 5.32 Å². The Morgan fingerprint density at radius 1 is 1.08 bits per heavy atom. The Labute approximate surface area is 213 Å². The van der Waals surface area contributed by atoms with Crippen LogP contribution in [0.1, 0.15) is 23.6 Å². The van der Waals surface area contributed by atoms with Crippen LogP contribution >= 0.6 is 11.6 Å². The Bertz CT molecular complexity index is 1490. The molecule has 1 fully saturated rings. The summed E-state index contributed by atoms with van der Waals surface area (Å²) in [4.78, 5) is 19.2. The van der Waals surface area contributed by atoms with E-state index < -0.39 is 27.4 Å². The molecule has 3 aromatic carbocycles. The minimum atomic E-state index is -4.08. The molecule has 0 aliphatic heterocycles. The van der Waals surface area contributed by atoms with Crippen LogP contribution in [0.5, 0.6) is 0 Å². The van der Waals surface area contributed by atoms with Gasteiger partial charge in [0.1, 0.15) is 5.54 Å². The van der Waals surface area contributed by atoms with E-state index in [1.165, 1.54) is 12.1 Å². The van der Waals surface area contributed by atoms with Crippen LogP contribution < -0.4 is 10.0 Å². The lowest BCUT2D eigenvalue weighted by Gasteiger charge is -2.16. The van der Waals surface area contributed by atoms with Gasteiger partial charge in [-0.15, -0.1) is 0 Å². The van der Waals surface area contributed by atoms with Gasteiger partial charge in [0, 0.05) is 22.8 Å². The predicted molar refractivity (Wildman–Crippen MR) is 137 cm³/mol. The highest BCUT2D eigenvalue weighted by atomic mass is 35.5. The van der Waals surface area contributed by atoms with Gasteiger partial charge in [0.15, 0.2) is 0 Å². The van der Waals surface area contributed by atoms with Crippen molar-refractivity contribution >= 4 is 33.3 Å². The maximum Gasteiger partial charge on any atom is 0.325 e. The van der Waals surface area contributed by atoms with E-state index >= 15 is 0 Å². The van der Waals surface area contributed by atoms with E-state index in [0.717, 1.165) is 28.1 Å². The molecule has 0 unspecified atom stereocenters. The van der Waals surface area contributed by atoms with Crippen LogP contribution in [0.2, 0.25) is 5.02 Å². The monoisotopic (exact) mass is 522 g/mol. The maximum absolute atomic E-state index is 13.1. The van der Waals surface area contributed by atoms with E-state index in [4.69, 9.17) is 11.6 Å². The third-order valence-corrected chi connectivity index (χ3v) is 8.11. The fourth-order valence-corrected chi connectivity index (χ4v) is 5.80. The molecular weight excluding hydrogens is 500 g/mol. The van der Waals surface area contributed by atoms with Gasteiger partial charge in [-0.2, -0.15) is 4.72 Å². The molecule has 0 amide bonds. The highest BCUT2D eigenvalue weighted by Gasteiger charge is 2.63. The second-order valence-corrected chi connectivity index (χ2v) is 10.8. The number of hydrogen-bond acceptors (Lipinski definition) is 5. The lowest BCUT2D eigenvalue weighted by Crippen LogP contribution is -2.44. The first-order chi connectivity index (χ1) is 17.3. The molecule has 0 spiro atoms. The summed E-state index contributed by atoms with van der Waals surface area (Å²) in [5.74, 6) is -1.70. The Hall–Kier alpha value is -3.66. The summed E-state index contributed by atoms with van der Waals surface area (Å²) >= 11 is 5.94. The van der Waals surface area contributed by atoms with Crippen LogP contribution in [0.25, 0.3) is 11.1 Å². The van der Waals surface area contributed by atoms with Crippen LogP contribution in [-0.4, -0.2) is 35.0 Å². The van der Waals surface area contributed by atoms with Crippen molar-refractivity contribution in [1.82, 2.24) is 14.7 Å². The summed E-state index contributed by atoms with van der Waals surface area (Å²) in [6.45, 7) is 0.525. The third-order valence-electron chi connectivity index (χ3n) is 6.33. The van der Waals surface area contributed by atoms with Crippen molar-refractivity contribution in [2.24, 2.45) is 0 Å². The number of aromatic amines is 1. The van der Waals surface area contributed by atoms with Gasteiger partial charge < -0.3 is 15.4 Å². The average molecular weight is 523 g/mol. The molecule has 2 atom stereocenters. The largest absolute Gasteiger partial charge is 0.480 e. The highest BCUT2D eigenvalue weighted by molar-refractivity contribution is 7.89. The molecule has 184 valence electrons. The Balaban J connectivity index is 1.33. The van der Waals surface area contributed by atoms with Crippen molar-refractivity contribution in [2.45, 2.75) is 29.3 Å². The number of hydrogen-bond donors (Lipinski definition) is 4. The number of sulfonamides is 1. The summed E-state index contributed by atoms with van der Waals surface area (Å²) in [6, 6.07) is 20.9. The van der Waals surface area contributed by atoms with Gasteiger partial charge in [-0.3, -0.25) is 4.79 Å². The van der Waals surface area contributed by atoms with Crippen LogP contribution in [0.3, 0.4) is 0 Å². The zero-order valence-electron chi connectivity index (χ0n) is 19.0. The number of carboxylic acids is 1. The lowest BCUT2D eigenvalue weighted by molar-refractivity contribution is -0.140. The first-order valence-corrected chi connectivity index (χ1v) is 13.1. The number of aliphatic carboxylic acids is 1. The number of imidazole rings is 1. The molecule has 36 heavy (non-hydrogen) atoms. The van der Waals surface area contributed by atoms with Crippen LogP contribution in [0.15, 0.2) is 90.2 Å². The SMILES string of the molecule is O=C(O)[C@@]1(NS(=O)(=O)c2ccc(-c3ccc(Cl)cc3)cc2)C[C@H]1c1cccc(NCc2cnc[nH]2)c1. The summed E-state index contributed by atoms with van der Waals surface area (Å²) in [6.07, 6.45) is 3.47. The zero-order chi connectivity index (χ0) is 25.3. The molecule has 1 aliphatic carbocycles. The molecule has 0 radical (unpaired) electrons. The molecule has 4 aromatic rings. The lowest BCUT2D eigenvalue weighted by atomic mass is 10.1. The second kappa shape index (κ2) is 9.42. The quantitative estimate of drug-likeness (QED) is 0.254. The molecule has 0 saturated heterocycles. The maximum atomic E-state index is 13.1. The number of aromatic nitrogens is 2. The molecule has 5 rings (SSSR count). The first-order valence-electron chi connectivity index (χ1n) is 11.2. The van der Waals surface area contributed by atoms with Crippen molar-refractivity contribution in [3.8, 4) is 11.1 Å². The molecule has 1 saturated carbocycles. The number of carboxylic acid groups (broad SMARTS) is 1.